The average molecular weight is 423 g/mol. The Kier molecular flexibility index (Phi) is 17.3. The zero-order valence-corrected chi connectivity index (χ0v) is 22.3. The van der Waals surface area contributed by atoms with Gasteiger partial charge in [0.1, 0.15) is 0 Å². The minimum Gasteiger partial charge on any atom is -0.413 e. The normalized spacial score (nSPS) is 13.2. The molecular formula is C27H54OSi. The molecule has 0 N–H and O–H groups in total. The van der Waals surface area contributed by atoms with Crippen molar-refractivity contribution in [3.05, 3.63) is 0 Å². The van der Waals surface area contributed by atoms with E-state index >= 15 is 0 Å². The Morgan fingerprint density at radius 2 is 1.17 bits per heavy atom. The molecule has 0 rings (SSSR count). The Labute approximate surface area is 186 Å². The predicted octanol–water partition coefficient (Wildman–Crippen LogP) is 9.66. The average Bonchev–Trinajstić information content (AvgIpc) is 2.64. The van der Waals surface area contributed by atoms with Gasteiger partial charge in [-0.1, -0.05) is 112 Å². The van der Waals surface area contributed by atoms with Crippen LogP contribution in [0.1, 0.15) is 137 Å². The maximum absolute atomic E-state index is 6.76. The van der Waals surface area contributed by atoms with Gasteiger partial charge in [-0.25, -0.2) is 0 Å². The summed E-state index contributed by atoms with van der Waals surface area (Å²) in [5, 5.41) is 0.275. The zero-order valence-electron chi connectivity index (χ0n) is 21.3. The van der Waals surface area contributed by atoms with Crippen molar-refractivity contribution in [1.29, 1.82) is 0 Å². The fourth-order valence-corrected chi connectivity index (χ4v) is 4.78. The van der Waals surface area contributed by atoms with E-state index in [0.29, 0.717) is 6.10 Å². The van der Waals surface area contributed by atoms with Gasteiger partial charge in [0.25, 0.3) is 0 Å². The standard InChI is InChI=1S/C27H54OSi/c1-8-10-12-14-16-17-19-21-23-25-26(28-29(6,7)27(3,4)5)24-22-20-18-15-13-11-9-2/h26H,8-19,21,23-25H2,1-7H3/t26-/m1/s1. The lowest BCUT2D eigenvalue weighted by atomic mass is 10.0. The van der Waals surface area contributed by atoms with Crippen molar-refractivity contribution in [3.8, 4) is 11.8 Å². The van der Waals surface area contributed by atoms with E-state index in [-0.39, 0.29) is 5.04 Å². The van der Waals surface area contributed by atoms with Crippen LogP contribution >= 0.6 is 0 Å². The Morgan fingerprint density at radius 1 is 0.690 bits per heavy atom. The van der Waals surface area contributed by atoms with E-state index in [1.165, 1.54) is 89.9 Å². The summed E-state index contributed by atoms with van der Waals surface area (Å²) in [5.41, 5.74) is 0. The van der Waals surface area contributed by atoms with E-state index in [1.807, 2.05) is 0 Å². The van der Waals surface area contributed by atoms with Crippen molar-refractivity contribution in [2.45, 2.75) is 162 Å². The van der Waals surface area contributed by atoms with Crippen LogP contribution in [0.2, 0.25) is 18.1 Å². The molecule has 0 spiro atoms. The fraction of sp³-hybridized carbons (Fsp3) is 0.926. The van der Waals surface area contributed by atoms with Gasteiger partial charge in [0.2, 0.25) is 0 Å². The highest BCUT2D eigenvalue weighted by molar-refractivity contribution is 6.74. The minimum absolute atomic E-state index is 0.275. The molecule has 0 aromatic heterocycles. The number of hydrogen-bond acceptors (Lipinski definition) is 1. The Bertz CT molecular complexity index is 424. The molecule has 1 nitrogen and oxygen atoms in total. The monoisotopic (exact) mass is 422 g/mol. The molecular weight excluding hydrogens is 368 g/mol. The lowest BCUT2D eigenvalue weighted by molar-refractivity contribution is 0.172. The second-order valence-corrected chi connectivity index (χ2v) is 15.2. The molecule has 2 heteroatoms. The van der Waals surface area contributed by atoms with Gasteiger partial charge in [0.05, 0.1) is 6.10 Å². The molecule has 0 heterocycles. The van der Waals surface area contributed by atoms with Crippen LogP contribution in [0.5, 0.6) is 0 Å². The molecule has 0 aliphatic heterocycles. The quantitative estimate of drug-likeness (QED) is 0.129. The van der Waals surface area contributed by atoms with E-state index in [1.54, 1.807) is 0 Å². The lowest BCUT2D eigenvalue weighted by Crippen LogP contribution is -2.43. The molecule has 29 heavy (non-hydrogen) atoms. The molecule has 0 amide bonds. The number of rotatable bonds is 17. The van der Waals surface area contributed by atoms with Crippen LogP contribution in [-0.4, -0.2) is 14.4 Å². The fourth-order valence-electron chi connectivity index (χ4n) is 3.39. The molecule has 0 aromatic carbocycles. The molecule has 0 saturated heterocycles. The van der Waals surface area contributed by atoms with Gasteiger partial charge in [-0.05, 0) is 31.0 Å². The van der Waals surface area contributed by atoms with Crippen LogP contribution in [-0.2, 0) is 4.43 Å². The number of hydrogen-bond donors (Lipinski definition) is 0. The van der Waals surface area contributed by atoms with Crippen LogP contribution in [0.4, 0.5) is 0 Å². The maximum Gasteiger partial charge on any atom is 0.192 e. The first-order valence-electron chi connectivity index (χ1n) is 12.9. The first-order chi connectivity index (χ1) is 13.7. The third-order valence-electron chi connectivity index (χ3n) is 6.51. The number of unbranched alkanes of at least 4 members (excludes halogenated alkanes) is 12. The molecule has 0 bridgehead atoms. The van der Waals surface area contributed by atoms with Gasteiger partial charge in [-0.15, -0.1) is 11.8 Å². The molecule has 0 fully saturated rings. The Morgan fingerprint density at radius 3 is 1.69 bits per heavy atom. The highest BCUT2D eigenvalue weighted by Crippen LogP contribution is 2.38. The summed E-state index contributed by atoms with van der Waals surface area (Å²) >= 11 is 0. The van der Waals surface area contributed by atoms with Crippen LogP contribution in [0.15, 0.2) is 0 Å². The molecule has 0 saturated carbocycles. The smallest absolute Gasteiger partial charge is 0.192 e. The summed E-state index contributed by atoms with van der Waals surface area (Å²) in [6, 6.07) is 0. The molecule has 0 aromatic rings. The third-order valence-corrected chi connectivity index (χ3v) is 11.0. The van der Waals surface area contributed by atoms with Crippen molar-refractivity contribution in [2.75, 3.05) is 0 Å². The summed E-state index contributed by atoms with van der Waals surface area (Å²) < 4.78 is 6.76. The van der Waals surface area contributed by atoms with Crippen molar-refractivity contribution in [3.63, 3.8) is 0 Å². The highest BCUT2D eigenvalue weighted by Gasteiger charge is 2.38. The molecule has 0 radical (unpaired) electrons. The van der Waals surface area contributed by atoms with E-state index in [2.05, 4.69) is 59.6 Å². The largest absolute Gasteiger partial charge is 0.413 e. The van der Waals surface area contributed by atoms with Crippen LogP contribution in [0, 0.1) is 11.8 Å². The summed E-state index contributed by atoms with van der Waals surface area (Å²) in [6.07, 6.45) is 21.2. The summed E-state index contributed by atoms with van der Waals surface area (Å²) in [7, 11) is -1.72. The molecule has 0 unspecified atom stereocenters. The highest BCUT2D eigenvalue weighted by atomic mass is 28.4. The SMILES string of the molecule is CCCCCCC#CC[C@H](CCCCCCCCCCC)O[Si](C)(C)C(C)(C)C. The van der Waals surface area contributed by atoms with E-state index in [4.69, 9.17) is 4.43 Å². The van der Waals surface area contributed by atoms with E-state index in [9.17, 15) is 0 Å². The van der Waals surface area contributed by atoms with Gasteiger partial charge >= 0.3 is 0 Å². The van der Waals surface area contributed by atoms with E-state index in [0.717, 1.165) is 12.8 Å². The van der Waals surface area contributed by atoms with Crippen molar-refractivity contribution in [2.24, 2.45) is 0 Å². The van der Waals surface area contributed by atoms with Gasteiger partial charge in [0, 0.05) is 12.8 Å². The first kappa shape index (κ1) is 28.7. The molecule has 1 atom stereocenters. The van der Waals surface area contributed by atoms with Gasteiger partial charge in [-0.2, -0.15) is 0 Å². The Hall–Kier alpha value is -0.263. The zero-order chi connectivity index (χ0) is 22.0. The van der Waals surface area contributed by atoms with Crippen molar-refractivity contribution < 1.29 is 4.43 Å². The third kappa shape index (κ3) is 16.1. The molecule has 172 valence electrons. The first-order valence-corrected chi connectivity index (χ1v) is 15.8. The summed E-state index contributed by atoms with van der Waals surface area (Å²) in [4.78, 5) is 0. The van der Waals surface area contributed by atoms with Crippen LogP contribution in [0.3, 0.4) is 0 Å². The maximum atomic E-state index is 6.76. The van der Waals surface area contributed by atoms with Gasteiger partial charge in [0.15, 0.2) is 8.32 Å². The van der Waals surface area contributed by atoms with Crippen molar-refractivity contribution >= 4 is 8.32 Å². The van der Waals surface area contributed by atoms with Crippen LogP contribution in [0.25, 0.3) is 0 Å². The van der Waals surface area contributed by atoms with E-state index < -0.39 is 8.32 Å². The van der Waals surface area contributed by atoms with Crippen LogP contribution < -0.4 is 0 Å². The summed E-state index contributed by atoms with van der Waals surface area (Å²) in [6.45, 7) is 16.3. The second-order valence-electron chi connectivity index (χ2n) is 10.5. The minimum atomic E-state index is -1.72. The van der Waals surface area contributed by atoms with Crippen molar-refractivity contribution in [1.82, 2.24) is 0 Å². The molecule has 0 aliphatic carbocycles. The second kappa shape index (κ2) is 17.4. The summed E-state index contributed by atoms with van der Waals surface area (Å²) in [5.74, 6) is 6.88. The topological polar surface area (TPSA) is 9.23 Å². The Balaban J connectivity index is 4.31. The lowest BCUT2D eigenvalue weighted by Gasteiger charge is -2.39. The van der Waals surface area contributed by atoms with Gasteiger partial charge < -0.3 is 4.43 Å². The molecule has 0 aliphatic rings. The van der Waals surface area contributed by atoms with Gasteiger partial charge in [-0.3, -0.25) is 0 Å². The predicted molar refractivity (Wildman–Crippen MR) is 135 cm³/mol.